The van der Waals surface area contributed by atoms with Crippen molar-refractivity contribution in [3.05, 3.63) is 42.2 Å². The molecule has 0 bridgehead atoms. The first-order valence-electron chi connectivity index (χ1n) is 14.3. The van der Waals surface area contributed by atoms with Crippen molar-refractivity contribution in [1.82, 2.24) is 20.3 Å². The van der Waals surface area contributed by atoms with Crippen LogP contribution < -0.4 is 15.4 Å². The van der Waals surface area contributed by atoms with Crippen LogP contribution in [0.1, 0.15) is 72.1 Å². The highest BCUT2D eigenvalue weighted by Gasteiger charge is 2.61. The van der Waals surface area contributed by atoms with Crippen LogP contribution in [0.5, 0.6) is 0 Å². The summed E-state index contributed by atoms with van der Waals surface area (Å²) in [7, 11) is -4.42. The second-order valence-electron chi connectivity index (χ2n) is 12.2. The minimum atomic E-state index is -4.42. The number of halogens is 1. The molecule has 2 aliphatic heterocycles. The highest BCUT2D eigenvalue weighted by atomic mass is 32.2. The van der Waals surface area contributed by atoms with Crippen LogP contribution in [0.4, 0.5) is 9.18 Å². The number of fused-ring (bicyclic) bond motifs is 2. The molecule has 4 rings (SSSR count). The Kier molecular flexibility index (Phi) is 9.29. The van der Waals surface area contributed by atoms with Gasteiger partial charge in [-0.1, -0.05) is 24.6 Å². The Labute approximate surface area is 245 Å². The molecule has 3 aliphatic rings. The second kappa shape index (κ2) is 12.4. The lowest BCUT2D eigenvalue weighted by Crippen LogP contribution is -2.57. The van der Waals surface area contributed by atoms with E-state index in [4.69, 9.17) is 4.74 Å². The fraction of sp³-hybridized carbons (Fsp3) is 0.586. The number of nitrogens with one attached hydrogen (secondary N) is 3. The number of rotatable bonds is 4. The lowest BCUT2D eigenvalue weighted by Gasteiger charge is -2.30. The van der Waals surface area contributed by atoms with Gasteiger partial charge >= 0.3 is 6.09 Å². The van der Waals surface area contributed by atoms with Crippen molar-refractivity contribution in [3.63, 3.8) is 0 Å². The van der Waals surface area contributed by atoms with Crippen LogP contribution in [0.15, 0.2) is 41.3 Å². The van der Waals surface area contributed by atoms with E-state index in [2.05, 4.69) is 10.6 Å². The number of hydrogen-bond donors (Lipinski definition) is 3. The van der Waals surface area contributed by atoms with Crippen LogP contribution in [0.3, 0.4) is 0 Å². The number of carbonyl (C=O) groups is 4. The molecule has 0 radical (unpaired) electrons. The molecule has 1 saturated carbocycles. The number of nitrogens with zero attached hydrogens (tertiary/aromatic N) is 1. The van der Waals surface area contributed by atoms with Crippen LogP contribution in [0.25, 0.3) is 0 Å². The van der Waals surface area contributed by atoms with E-state index in [0.29, 0.717) is 32.1 Å². The van der Waals surface area contributed by atoms with Crippen LogP contribution >= 0.6 is 0 Å². The molecular weight excluding hydrogens is 567 g/mol. The number of alkyl carbamates (subject to hydrolysis) is 1. The first-order chi connectivity index (χ1) is 19.7. The lowest BCUT2D eigenvalue weighted by molar-refractivity contribution is -0.146. The normalized spacial score (nSPS) is 27.0. The van der Waals surface area contributed by atoms with Gasteiger partial charge in [-0.05, 0) is 83.9 Å². The average molecular weight is 607 g/mol. The quantitative estimate of drug-likeness (QED) is 0.446. The number of benzene rings is 1. The van der Waals surface area contributed by atoms with Gasteiger partial charge in [0.1, 0.15) is 17.4 Å². The monoisotopic (exact) mass is 606 g/mol. The number of hydrogen-bond acceptors (Lipinski definition) is 7. The van der Waals surface area contributed by atoms with Crippen molar-refractivity contribution < 1.29 is 36.7 Å². The zero-order valence-electron chi connectivity index (χ0n) is 24.2. The first kappa shape index (κ1) is 31.5. The Bertz CT molecular complexity index is 1360. The molecule has 230 valence electrons. The molecule has 1 aromatic rings. The van der Waals surface area contributed by atoms with E-state index in [1.165, 1.54) is 11.0 Å². The predicted molar refractivity (Wildman–Crippen MR) is 151 cm³/mol. The van der Waals surface area contributed by atoms with Crippen molar-refractivity contribution in [1.29, 1.82) is 0 Å². The number of amides is 4. The summed E-state index contributed by atoms with van der Waals surface area (Å²) in [6, 6.07) is 3.35. The fourth-order valence-electron chi connectivity index (χ4n) is 5.41. The molecule has 3 N–H and O–H groups in total. The minimum absolute atomic E-state index is 0.166. The Morgan fingerprint density at radius 2 is 1.88 bits per heavy atom. The number of sulfonamides is 1. The van der Waals surface area contributed by atoms with Crippen molar-refractivity contribution in [2.24, 2.45) is 5.92 Å². The molecule has 13 heteroatoms. The predicted octanol–water partition coefficient (Wildman–Crippen LogP) is 2.91. The summed E-state index contributed by atoms with van der Waals surface area (Å²) in [6.45, 7) is 5.65. The van der Waals surface area contributed by atoms with Crippen molar-refractivity contribution >= 4 is 33.8 Å². The molecule has 1 aromatic carbocycles. The van der Waals surface area contributed by atoms with E-state index < -0.39 is 73.7 Å². The Hall–Kier alpha value is -3.48. The highest BCUT2D eigenvalue weighted by Crippen LogP contribution is 2.45. The topological polar surface area (TPSA) is 151 Å². The summed E-state index contributed by atoms with van der Waals surface area (Å²) >= 11 is 0. The van der Waals surface area contributed by atoms with Gasteiger partial charge in [0.25, 0.3) is 21.8 Å². The van der Waals surface area contributed by atoms with Gasteiger partial charge in [0.15, 0.2) is 6.10 Å². The van der Waals surface area contributed by atoms with Gasteiger partial charge in [0, 0.05) is 18.0 Å². The summed E-state index contributed by atoms with van der Waals surface area (Å²) in [5.41, 5.74) is -2.12. The fourth-order valence-corrected chi connectivity index (χ4v) is 6.48. The van der Waals surface area contributed by atoms with Gasteiger partial charge < -0.3 is 20.3 Å². The molecule has 2 fully saturated rings. The maximum absolute atomic E-state index is 13.7. The summed E-state index contributed by atoms with van der Waals surface area (Å²) in [4.78, 5) is 54.2. The van der Waals surface area contributed by atoms with E-state index in [9.17, 15) is 32.0 Å². The summed E-state index contributed by atoms with van der Waals surface area (Å²) in [5.74, 6) is -3.25. The third kappa shape index (κ3) is 7.47. The molecule has 0 spiro atoms. The highest BCUT2D eigenvalue weighted by molar-refractivity contribution is 7.90. The molecule has 2 heterocycles. The Balaban J connectivity index is 1.56. The summed E-state index contributed by atoms with van der Waals surface area (Å²) < 4.78 is 47.0. The molecule has 1 saturated heterocycles. The minimum Gasteiger partial charge on any atom is -0.436 e. The molecule has 4 atom stereocenters. The standard InChI is InChI=1S/C29H39FN4O7S/c1-28(2,3)32-27(38)41-23-15-8-6-4-5-7-11-19-18-29(19,31-24(35)22-14-10-16-34(22)25(23)36)26(37)33-42(39,40)21-13-9-12-20(30)17-21/h7,9,11-13,17,19,22-23H,4-6,8,10,14-16,18H2,1-3H3,(H,31,35)(H,32,38)(H,33,37)/t19-,22+,23+,29-/m1/s1. The van der Waals surface area contributed by atoms with E-state index in [1.807, 2.05) is 10.8 Å². The molecule has 4 amide bonds. The molecule has 0 aromatic heterocycles. The maximum Gasteiger partial charge on any atom is 0.408 e. The zero-order chi connectivity index (χ0) is 30.7. The van der Waals surface area contributed by atoms with Crippen LogP contribution in [0.2, 0.25) is 0 Å². The van der Waals surface area contributed by atoms with E-state index in [1.54, 1.807) is 26.8 Å². The molecule has 0 unspecified atom stereocenters. The SMILES string of the molecule is CC(C)(C)NC(=O)O[C@H]1CCCCCC=C[C@@H]2C[C@@]2(C(=O)NS(=O)(=O)c2cccc(F)c2)NC(=O)[C@@H]2CCCN2C1=O. The van der Waals surface area contributed by atoms with Crippen LogP contribution in [-0.2, 0) is 29.1 Å². The largest absolute Gasteiger partial charge is 0.436 e. The molecular formula is C29H39FN4O7S. The lowest BCUT2D eigenvalue weighted by atomic mass is 10.1. The van der Waals surface area contributed by atoms with E-state index in [0.717, 1.165) is 31.0 Å². The first-order valence-corrected chi connectivity index (χ1v) is 15.8. The van der Waals surface area contributed by atoms with Crippen molar-refractivity contribution in [2.75, 3.05) is 6.54 Å². The van der Waals surface area contributed by atoms with E-state index in [-0.39, 0.29) is 13.0 Å². The van der Waals surface area contributed by atoms with Crippen LogP contribution in [0, 0.1) is 11.7 Å². The van der Waals surface area contributed by atoms with Gasteiger partial charge in [-0.2, -0.15) is 0 Å². The number of allylic oxidation sites excluding steroid dienone is 1. The number of ether oxygens (including phenoxy) is 1. The van der Waals surface area contributed by atoms with Gasteiger partial charge in [-0.15, -0.1) is 0 Å². The Morgan fingerprint density at radius 1 is 1.12 bits per heavy atom. The third-order valence-electron chi connectivity index (χ3n) is 7.65. The number of carbonyl (C=O) groups excluding carboxylic acids is 4. The average Bonchev–Trinajstić information content (AvgIpc) is 3.35. The maximum atomic E-state index is 13.7. The van der Waals surface area contributed by atoms with Gasteiger partial charge in [0.2, 0.25) is 5.91 Å². The molecule has 1 aliphatic carbocycles. The van der Waals surface area contributed by atoms with Crippen molar-refractivity contribution in [3.8, 4) is 0 Å². The van der Waals surface area contributed by atoms with Gasteiger partial charge in [-0.25, -0.2) is 22.3 Å². The van der Waals surface area contributed by atoms with Crippen molar-refractivity contribution in [2.45, 2.75) is 100 Å². The zero-order valence-corrected chi connectivity index (χ0v) is 25.0. The van der Waals surface area contributed by atoms with Gasteiger partial charge in [0.05, 0.1) is 4.90 Å². The molecule has 11 nitrogen and oxygen atoms in total. The second-order valence-corrected chi connectivity index (χ2v) is 13.9. The molecule has 42 heavy (non-hydrogen) atoms. The third-order valence-corrected chi connectivity index (χ3v) is 8.97. The van der Waals surface area contributed by atoms with Gasteiger partial charge in [-0.3, -0.25) is 14.4 Å². The summed E-state index contributed by atoms with van der Waals surface area (Å²) in [6.07, 6.45) is 6.07. The Morgan fingerprint density at radius 3 is 2.60 bits per heavy atom. The van der Waals surface area contributed by atoms with E-state index >= 15 is 0 Å². The van der Waals surface area contributed by atoms with Crippen LogP contribution in [-0.4, -0.2) is 66.9 Å². The summed E-state index contributed by atoms with van der Waals surface area (Å²) in [5, 5.41) is 5.44. The smallest absolute Gasteiger partial charge is 0.408 e.